The summed E-state index contributed by atoms with van der Waals surface area (Å²) in [6.07, 6.45) is 1.76. The van der Waals surface area contributed by atoms with Gasteiger partial charge in [-0.1, -0.05) is 11.6 Å². The highest BCUT2D eigenvalue weighted by atomic mass is 35.5. The smallest absolute Gasteiger partial charge is 0.163 e. The van der Waals surface area contributed by atoms with Crippen molar-refractivity contribution in [1.82, 2.24) is 9.97 Å². The topological polar surface area (TPSA) is 74.7 Å². The number of nitrogens with zero attached hydrogens (tertiary/aromatic N) is 2. The first-order chi connectivity index (χ1) is 14.1. The molecule has 0 spiro atoms. The standard InChI is InChI=1S/C20H19ClFN3O4/c1-26-17-9-13-16(10-18(17)27-5-4-19-28-6-7-29-19)23-11-24-20(13)25-15-3-2-12(21)8-14(15)22/h2-3,8-11,19H,4-7H2,1H3,(H,23,24,25). The van der Waals surface area contributed by atoms with Gasteiger partial charge in [0.2, 0.25) is 0 Å². The fraction of sp³-hybridized carbons (Fsp3) is 0.300. The number of halogens is 2. The van der Waals surface area contributed by atoms with Crippen molar-refractivity contribution < 1.29 is 23.3 Å². The van der Waals surface area contributed by atoms with Gasteiger partial charge in [0.1, 0.15) is 18.0 Å². The predicted octanol–water partition coefficient (Wildman–Crippen LogP) is 4.32. The van der Waals surface area contributed by atoms with Gasteiger partial charge in [0, 0.05) is 22.9 Å². The molecule has 1 aliphatic rings. The first-order valence-electron chi connectivity index (χ1n) is 9.05. The number of hydrogen-bond donors (Lipinski definition) is 1. The lowest BCUT2D eigenvalue weighted by Crippen LogP contribution is -2.13. The van der Waals surface area contributed by atoms with Crippen molar-refractivity contribution in [3.63, 3.8) is 0 Å². The lowest BCUT2D eigenvalue weighted by molar-refractivity contribution is -0.0532. The van der Waals surface area contributed by atoms with Crippen LogP contribution in [0.4, 0.5) is 15.9 Å². The Morgan fingerprint density at radius 3 is 2.76 bits per heavy atom. The molecule has 0 aliphatic carbocycles. The summed E-state index contributed by atoms with van der Waals surface area (Å²) >= 11 is 5.82. The molecule has 9 heteroatoms. The molecule has 0 saturated carbocycles. The van der Waals surface area contributed by atoms with Crippen molar-refractivity contribution in [2.75, 3.05) is 32.2 Å². The van der Waals surface area contributed by atoms with E-state index in [1.54, 1.807) is 31.4 Å². The molecule has 7 nitrogen and oxygen atoms in total. The third-order valence-electron chi connectivity index (χ3n) is 4.41. The van der Waals surface area contributed by atoms with Gasteiger partial charge in [-0.05, 0) is 24.3 Å². The minimum absolute atomic E-state index is 0.242. The summed E-state index contributed by atoms with van der Waals surface area (Å²) in [6, 6.07) is 7.89. The summed E-state index contributed by atoms with van der Waals surface area (Å²) in [6.45, 7) is 1.61. The molecule has 4 rings (SSSR count). The Hall–Kier alpha value is -2.68. The van der Waals surface area contributed by atoms with E-state index in [0.29, 0.717) is 59.5 Å². The van der Waals surface area contributed by atoms with Crippen LogP contribution in [-0.4, -0.2) is 43.2 Å². The van der Waals surface area contributed by atoms with E-state index in [9.17, 15) is 4.39 Å². The quantitative estimate of drug-likeness (QED) is 0.611. The van der Waals surface area contributed by atoms with Crippen molar-refractivity contribution in [3.05, 3.63) is 47.5 Å². The molecular formula is C20H19ClFN3O4. The second kappa shape index (κ2) is 8.77. The Balaban J connectivity index is 1.58. The Morgan fingerprint density at radius 2 is 2.00 bits per heavy atom. The molecule has 29 heavy (non-hydrogen) atoms. The minimum atomic E-state index is -0.479. The summed E-state index contributed by atoms with van der Waals surface area (Å²) < 4.78 is 36.3. The normalized spacial score (nSPS) is 14.3. The molecule has 0 unspecified atom stereocenters. The summed E-state index contributed by atoms with van der Waals surface area (Å²) in [5, 5.41) is 3.96. The van der Waals surface area contributed by atoms with Crippen LogP contribution >= 0.6 is 11.6 Å². The van der Waals surface area contributed by atoms with Crippen molar-refractivity contribution in [2.24, 2.45) is 0 Å². The van der Waals surface area contributed by atoms with Gasteiger partial charge in [0.15, 0.2) is 17.8 Å². The van der Waals surface area contributed by atoms with Crippen LogP contribution in [0.15, 0.2) is 36.7 Å². The predicted molar refractivity (Wildman–Crippen MR) is 107 cm³/mol. The lowest BCUT2D eigenvalue weighted by Gasteiger charge is -2.15. The van der Waals surface area contributed by atoms with E-state index < -0.39 is 5.82 Å². The zero-order chi connectivity index (χ0) is 20.2. The van der Waals surface area contributed by atoms with E-state index in [2.05, 4.69) is 15.3 Å². The highest BCUT2D eigenvalue weighted by molar-refractivity contribution is 6.30. The molecular weight excluding hydrogens is 401 g/mol. The number of aromatic nitrogens is 2. The van der Waals surface area contributed by atoms with Gasteiger partial charge in [0.05, 0.1) is 38.1 Å². The maximum atomic E-state index is 14.2. The largest absolute Gasteiger partial charge is 0.493 e. The van der Waals surface area contributed by atoms with Crippen LogP contribution in [0.5, 0.6) is 11.5 Å². The molecule has 1 aliphatic heterocycles. The van der Waals surface area contributed by atoms with E-state index in [1.807, 2.05) is 0 Å². The zero-order valence-electron chi connectivity index (χ0n) is 15.7. The second-order valence-electron chi connectivity index (χ2n) is 6.30. The van der Waals surface area contributed by atoms with Crippen LogP contribution in [0.25, 0.3) is 10.9 Å². The molecule has 2 aromatic carbocycles. The molecule has 1 N–H and O–H groups in total. The number of ether oxygens (including phenoxy) is 4. The average molecular weight is 420 g/mol. The molecule has 0 amide bonds. The summed E-state index contributed by atoms with van der Waals surface area (Å²) in [4.78, 5) is 8.52. The number of benzene rings is 2. The molecule has 0 atom stereocenters. The van der Waals surface area contributed by atoms with Gasteiger partial charge in [-0.25, -0.2) is 14.4 Å². The number of anilines is 2. The third kappa shape index (κ3) is 4.50. The first kappa shape index (κ1) is 19.6. The number of hydrogen-bond acceptors (Lipinski definition) is 7. The van der Waals surface area contributed by atoms with E-state index in [0.717, 1.165) is 0 Å². The first-order valence-corrected chi connectivity index (χ1v) is 9.42. The monoisotopic (exact) mass is 419 g/mol. The van der Waals surface area contributed by atoms with Gasteiger partial charge in [-0.15, -0.1) is 0 Å². The average Bonchev–Trinajstić information content (AvgIpc) is 3.23. The molecule has 0 radical (unpaired) electrons. The molecule has 1 saturated heterocycles. The van der Waals surface area contributed by atoms with Crippen LogP contribution in [0.2, 0.25) is 5.02 Å². The number of nitrogens with one attached hydrogen (secondary N) is 1. The van der Waals surface area contributed by atoms with E-state index >= 15 is 0 Å². The van der Waals surface area contributed by atoms with Gasteiger partial charge >= 0.3 is 0 Å². The minimum Gasteiger partial charge on any atom is -0.493 e. The van der Waals surface area contributed by atoms with E-state index in [1.165, 1.54) is 12.4 Å². The van der Waals surface area contributed by atoms with Crippen LogP contribution in [0.3, 0.4) is 0 Å². The molecule has 0 bridgehead atoms. The van der Waals surface area contributed by atoms with Crippen LogP contribution in [0.1, 0.15) is 6.42 Å². The van der Waals surface area contributed by atoms with Crippen molar-refractivity contribution >= 4 is 34.0 Å². The van der Waals surface area contributed by atoms with Crippen molar-refractivity contribution in [1.29, 1.82) is 0 Å². The molecule has 1 aromatic heterocycles. The number of methoxy groups -OCH3 is 1. The maximum Gasteiger partial charge on any atom is 0.163 e. The Morgan fingerprint density at radius 1 is 1.17 bits per heavy atom. The Bertz CT molecular complexity index is 1010. The highest BCUT2D eigenvalue weighted by Crippen LogP contribution is 2.35. The fourth-order valence-electron chi connectivity index (χ4n) is 2.99. The lowest BCUT2D eigenvalue weighted by atomic mass is 10.2. The molecule has 152 valence electrons. The maximum absolute atomic E-state index is 14.2. The van der Waals surface area contributed by atoms with Crippen LogP contribution in [-0.2, 0) is 9.47 Å². The second-order valence-corrected chi connectivity index (χ2v) is 6.74. The summed E-state index contributed by atoms with van der Waals surface area (Å²) in [7, 11) is 1.55. The highest BCUT2D eigenvalue weighted by Gasteiger charge is 2.17. The number of rotatable bonds is 7. The van der Waals surface area contributed by atoms with Crippen molar-refractivity contribution in [3.8, 4) is 11.5 Å². The fourth-order valence-corrected chi connectivity index (χ4v) is 3.15. The molecule has 2 heterocycles. The SMILES string of the molecule is COc1cc2c(Nc3ccc(Cl)cc3F)ncnc2cc1OCCC1OCCO1. The van der Waals surface area contributed by atoms with Crippen LogP contribution < -0.4 is 14.8 Å². The molecule has 1 fully saturated rings. The van der Waals surface area contributed by atoms with Crippen molar-refractivity contribution in [2.45, 2.75) is 12.7 Å². The summed E-state index contributed by atoms with van der Waals surface area (Å²) in [5.74, 6) is 1.02. The number of fused-ring (bicyclic) bond motifs is 1. The van der Waals surface area contributed by atoms with Crippen LogP contribution in [0, 0.1) is 5.82 Å². The third-order valence-corrected chi connectivity index (χ3v) is 4.64. The summed E-state index contributed by atoms with van der Waals surface area (Å²) in [5.41, 5.74) is 0.881. The Kier molecular flexibility index (Phi) is 5.94. The Labute approximate surface area is 171 Å². The zero-order valence-corrected chi connectivity index (χ0v) is 16.4. The van der Waals surface area contributed by atoms with Gasteiger partial charge in [-0.2, -0.15) is 0 Å². The van der Waals surface area contributed by atoms with E-state index in [-0.39, 0.29) is 12.0 Å². The van der Waals surface area contributed by atoms with Gasteiger partial charge in [0.25, 0.3) is 0 Å². The van der Waals surface area contributed by atoms with Gasteiger partial charge in [-0.3, -0.25) is 0 Å². The van der Waals surface area contributed by atoms with Gasteiger partial charge < -0.3 is 24.3 Å². The van der Waals surface area contributed by atoms with E-state index in [4.69, 9.17) is 30.5 Å². The molecule has 3 aromatic rings.